The molecule has 0 aromatic heterocycles. The van der Waals surface area contributed by atoms with Gasteiger partial charge in [0.25, 0.3) is 0 Å². The molecule has 3 unspecified atom stereocenters. The lowest BCUT2D eigenvalue weighted by Gasteiger charge is -2.17. The lowest BCUT2D eigenvalue weighted by atomic mass is 9.94. The van der Waals surface area contributed by atoms with Crippen molar-refractivity contribution in [2.24, 2.45) is 17.8 Å². The number of allylic oxidation sites excluding steroid dienone is 2. The second-order valence-corrected chi connectivity index (χ2v) is 5.04. The summed E-state index contributed by atoms with van der Waals surface area (Å²) < 4.78 is 5.79. The zero-order chi connectivity index (χ0) is 11.8. The van der Waals surface area contributed by atoms with Crippen molar-refractivity contribution < 1.29 is 9.53 Å². The van der Waals surface area contributed by atoms with Crippen LogP contribution in [0.25, 0.3) is 0 Å². The molecular formula is C15H16O2. The molecule has 2 aliphatic rings. The van der Waals surface area contributed by atoms with Crippen LogP contribution < -0.4 is 4.74 Å². The van der Waals surface area contributed by atoms with Crippen molar-refractivity contribution in [2.45, 2.75) is 13.3 Å². The molecule has 2 aliphatic carbocycles. The normalized spacial score (nSPS) is 29.9. The van der Waals surface area contributed by atoms with Crippen LogP contribution in [-0.2, 0) is 4.79 Å². The van der Waals surface area contributed by atoms with Gasteiger partial charge in [0.1, 0.15) is 11.5 Å². The molecule has 1 aromatic rings. The minimum absolute atomic E-state index is 0.116. The molecule has 2 bridgehead atoms. The van der Waals surface area contributed by atoms with Crippen molar-refractivity contribution in [3.63, 3.8) is 0 Å². The van der Waals surface area contributed by atoms with E-state index < -0.39 is 0 Å². The van der Waals surface area contributed by atoms with Crippen LogP contribution in [0.4, 0.5) is 0 Å². The molecule has 17 heavy (non-hydrogen) atoms. The summed E-state index contributed by atoms with van der Waals surface area (Å²) in [4.78, 5) is 11.7. The summed E-state index contributed by atoms with van der Waals surface area (Å²) in [7, 11) is 0. The van der Waals surface area contributed by atoms with E-state index in [0.717, 1.165) is 12.2 Å². The summed E-state index contributed by atoms with van der Waals surface area (Å²) >= 11 is 0. The minimum Gasteiger partial charge on any atom is -0.493 e. The molecule has 3 rings (SSSR count). The maximum Gasteiger partial charge on any atom is 0.146 e. The van der Waals surface area contributed by atoms with Gasteiger partial charge >= 0.3 is 0 Å². The number of Topliss-reactive ketones (excluding diaryl/α,β-unsaturated/α-hetero) is 1. The van der Waals surface area contributed by atoms with Gasteiger partial charge in [-0.25, -0.2) is 0 Å². The number of rotatable bonds is 3. The lowest BCUT2D eigenvalue weighted by molar-refractivity contribution is -0.121. The summed E-state index contributed by atoms with van der Waals surface area (Å²) in [5, 5.41) is 0. The van der Waals surface area contributed by atoms with Gasteiger partial charge in [0.2, 0.25) is 0 Å². The highest BCUT2D eigenvalue weighted by Gasteiger charge is 2.43. The van der Waals surface area contributed by atoms with Crippen LogP contribution in [-0.4, -0.2) is 12.4 Å². The highest BCUT2D eigenvalue weighted by molar-refractivity contribution is 5.91. The van der Waals surface area contributed by atoms with E-state index in [1.807, 2.05) is 18.2 Å². The Balaban J connectivity index is 1.63. The van der Waals surface area contributed by atoms with E-state index in [0.29, 0.717) is 18.3 Å². The van der Waals surface area contributed by atoms with E-state index in [1.165, 1.54) is 5.56 Å². The first-order chi connectivity index (χ1) is 8.24. The van der Waals surface area contributed by atoms with Crippen LogP contribution in [0.15, 0.2) is 36.4 Å². The SMILES string of the molecule is Cc1cccc(OCC2CC3C=CC2C3=O)c1. The fraction of sp³-hybridized carbons (Fsp3) is 0.400. The highest BCUT2D eigenvalue weighted by atomic mass is 16.5. The predicted octanol–water partition coefficient (Wildman–Crippen LogP) is 2.77. The van der Waals surface area contributed by atoms with Crippen LogP contribution in [0.3, 0.4) is 0 Å². The van der Waals surface area contributed by atoms with Gasteiger partial charge in [-0.1, -0.05) is 24.3 Å². The molecule has 0 heterocycles. The van der Waals surface area contributed by atoms with Crippen molar-refractivity contribution in [3.05, 3.63) is 42.0 Å². The number of benzene rings is 1. The molecule has 0 spiro atoms. The molecular weight excluding hydrogens is 212 g/mol. The molecule has 2 nitrogen and oxygen atoms in total. The molecule has 0 saturated heterocycles. The number of carbonyl (C=O) groups excluding carboxylic acids is 1. The van der Waals surface area contributed by atoms with Crippen molar-refractivity contribution >= 4 is 5.78 Å². The number of aryl methyl sites for hydroxylation is 1. The lowest BCUT2D eigenvalue weighted by Crippen LogP contribution is -2.18. The summed E-state index contributed by atoms with van der Waals surface area (Å²) in [6, 6.07) is 8.05. The summed E-state index contributed by atoms with van der Waals surface area (Å²) in [6.07, 6.45) is 5.07. The Kier molecular flexibility index (Phi) is 2.50. The van der Waals surface area contributed by atoms with Gasteiger partial charge in [0, 0.05) is 17.8 Å². The highest BCUT2D eigenvalue weighted by Crippen LogP contribution is 2.40. The number of carbonyl (C=O) groups is 1. The third-order valence-corrected chi connectivity index (χ3v) is 3.76. The first-order valence-electron chi connectivity index (χ1n) is 6.15. The molecule has 1 fully saturated rings. The Morgan fingerprint density at radius 2 is 2.24 bits per heavy atom. The maximum atomic E-state index is 11.7. The van der Waals surface area contributed by atoms with Crippen LogP contribution in [0, 0.1) is 24.7 Å². The van der Waals surface area contributed by atoms with Crippen molar-refractivity contribution in [2.75, 3.05) is 6.61 Å². The summed E-state index contributed by atoms with van der Waals surface area (Å²) in [5.41, 5.74) is 1.20. The van der Waals surface area contributed by atoms with Crippen LogP contribution in [0.2, 0.25) is 0 Å². The molecule has 0 radical (unpaired) electrons. The number of hydrogen-bond acceptors (Lipinski definition) is 2. The van der Waals surface area contributed by atoms with E-state index in [-0.39, 0.29) is 11.8 Å². The number of fused-ring (bicyclic) bond motifs is 2. The molecule has 88 valence electrons. The van der Waals surface area contributed by atoms with Crippen LogP contribution >= 0.6 is 0 Å². The van der Waals surface area contributed by atoms with Crippen molar-refractivity contribution in [3.8, 4) is 5.75 Å². The standard InChI is InChI=1S/C15H16O2/c1-10-3-2-4-13(7-10)17-9-12-8-11-5-6-14(12)15(11)16/h2-7,11-12,14H,8-9H2,1H3. The molecule has 1 saturated carbocycles. The Hall–Kier alpha value is -1.57. The second kappa shape index (κ2) is 4.02. The molecule has 3 atom stereocenters. The number of ketones is 1. The smallest absolute Gasteiger partial charge is 0.146 e. The Bertz CT molecular complexity index is 476. The second-order valence-electron chi connectivity index (χ2n) is 5.04. The zero-order valence-electron chi connectivity index (χ0n) is 9.93. The van der Waals surface area contributed by atoms with E-state index in [4.69, 9.17) is 4.74 Å². The Morgan fingerprint density at radius 3 is 2.88 bits per heavy atom. The zero-order valence-corrected chi connectivity index (χ0v) is 9.93. The van der Waals surface area contributed by atoms with Gasteiger partial charge in [0.15, 0.2) is 0 Å². The largest absolute Gasteiger partial charge is 0.493 e. The summed E-state index contributed by atoms with van der Waals surface area (Å²) in [5.74, 6) is 1.96. The molecule has 0 amide bonds. The van der Waals surface area contributed by atoms with Gasteiger partial charge in [-0.15, -0.1) is 0 Å². The minimum atomic E-state index is 0.116. The number of ether oxygens (including phenoxy) is 1. The average molecular weight is 228 g/mol. The van der Waals surface area contributed by atoms with Gasteiger partial charge in [-0.3, -0.25) is 4.79 Å². The Morgan fingerprint density at radius 1 is 1.35 bits per heavy atom. The average Bonchev–Trinajstić information content (AvgIpc) is 2.82. The van der Waals surface area contributed by atoms with E-state index in [2.05, 4.69) is 25.1 Å². The molecule has 1 aromatic carbocycles. The first-order valence-corrected chi connectivity index (χ1v) is 6.15. The van der Waals surface area contributed by atoms with Crippen LogP contribution in [0.5, 0.6) is 5.75 Å². The van der Waals surface area contributed by atoms with Crippen LogP contribution in [0.1, 0.15) is 12.0 Å². The van der Waals surface area contributed by atoms with Gasteiger partial charge < -0.3 is 4.74 Å². The molecule has 0 N–H and O–H groups in total. The van der Waals surface area contributed by atoms with E-state index in [1.54, 1.807) is 0 Å². The fourth-order valence-corrected chi connectivity index (χ4v) is 2.83. The Labute approximate surface area is 101 Å². The summed E-state index contributed by atoms with van der Waals surface area (Å²) in [6.45, 7) is 2.71. The first kappa shape index (κ1) is 10.6. The van der Waals surface area contributed by atoms with Crippen molar-refractivity contribution in [1.82, 2.24) is 0 Å². The topological polar surface area (TPSA) is 26.3 Å². The third kappa shape index (κ3) is 1.88. The van der Waals surface area contributed by atoms with Gasteiger partial charge in [0.05, 0.1) is 6.61 Å². The van der Waals surface area contributed by atoms with Gasteiger partial charge in [-0.05, 0) is 31.0 Å². The van der Waals surface area contributed by atoms with Gasteiger partial charge in [-0.2, -0.15) is 0 Å². The monoisotopic (exact) mass is 228 g/mol. The quantitative estimate of drug-likeness (QED) is 0.744. The van der Waals surface area contributed by atoms with E-state index in [9.17, 15) is 4.79 Å². The van der Waals surface area contributed by atoms with E-state index >= 15 is 0 Å². The fourth-order valence-electron chi connectivity index (χ4n) is 2.83. The molecule has 0 aliphatic heterocycles. The molecule has 2 heteroatoms. The number of hydrogen-bond donors (Lipinski definition) is 0. The predicted molar refractivity (Wildman–Crippen MR) is 65.9 cm³/mol. The third-order valence-electron chi connectivity index (χ3n) is 3.76. The maximum absolute atomic E-state index is 11.7. The van der Waals surface area contributed by atoms with Crippen molar-refractivity contribution in [1.29, 1.82) is 0 Å².